The number of alkyl halides is 2. The van der Waals surface area contributed by atoms with E-state index < -0.39 is 0 Å². The maximum atomic E-state index is 12.3. The second-order valence-electron chi connectivity index (χ2n) is 7.46. The summed E-state index contributed by atoms with van der Waals surface area (Å²) in [5, 5.41) is 2.94. The Kier molecular flexibility index (Phi) is 9.61. The molecule has 0 saturated heterocycles. The molecule has 164 valence electrons. The monoisotopic (exact) mass is 475 g/mol. The molecule has 3 unspecified atom stereocenters. The summed E-state index contributed by atoms with van der Waals surface area (Å²) in [6.45, 7) is 2.50. The van der Waals surface area contributed by atoms with E-state index in [2.05, 4.69) is 36.2 Å². The quantitative estimate of drug-likeness (QED) is 0.298. The third-order valence-corrected chi connectivity index (χ3v) is 7.06. The second-order valence-corrected chi connectivity index (χ2v) is 9.92. The summed E-state index contributed by atoms with van der Waals surface area (Å²) in [5.41, 5.74) is 2.64. The first-order chi connectivity index (χ1) is 15.0. The molecule has 2 aromatic carbocycles. The van der Waals surface area contributed by atoms with Crippen LogP contribution in [0.1, 0.15) is 37.3 Å². The highest BCUT2D eigenvalue weighted by atomic mass is 35.5. The van der Waals surface area contributed by atoms with Crippen molar-refractivity contribution in [1.29, 1.82) is 0 Å². The lowest BCUT2D eigenvalue weighted by molar-refractivity contribution is -0.115. The minimum absolute atomic E-state index is 0.0319. The Morgan fingerprint density at radius 3 is 2.52 bits per heavy atom. The van der Waals surface area contributed by atoms with Crippen LogP contribution in [0.2, 0.25) is 0 Å². The van der Waals surface area contributed by atoms with E-state index in [9.17, 15) is 4.79 Å². The van der Waals surface area contributed by atoms with E-state index in [0.717, 1.165) is 41.8 Å². The first kappa shape index (κ1) is 24.0. The minimum atomic E-state index is -0.0348. The van der Waals surface area contributed by atoms with Crippen molar-refractivity contribution in [2.24, 2.45) is 0 Å². The van der Waals surface area contributed by atoms with Gasteiger partial charge < -0.3 is 10.1 Å². The van der Waals surface area contributed by atoms with Gasteiger partial charge in [-0.15, -0.1) is 35.0 Å². The zero-order valence-electron chi connectivity index (χ0n) is 17.6. The fourth-order valence-corrected chi connectivity index (χ4v) is 4.60. The van der Waals surface area contributed by atoms with Crippen molar-refractivity contribution in [3.05, 3.63) is 59.7 Å². The Morgan fingerprint density at radius 1 is 1.10 bits per heavy atom. The molecule has 3 nitrogen and oxygen atoms in total. The zero-order chi connectivity index (χ0) is 22.1. The highest BCUT2D eigenvalue weighted by molar-refractivity contribution is 7.99. The van der Waals surface area contributed by atoms with Crippen molar-refractivity contribution in [2.75, 3.05) is 17.7 Å². The SMILES string of the molecule is CCSc1ccc(CC(=O)Nc2ccc(C#CCOC3CCC(Cl)C(Cl)C3)cc2)cc1. The predicted molar refractivity (Wildman–Crippen MR) is 131 cm³/mol. The summed E-state index contributed by atoms with van der Waals surface area (Å²) in [6, 6.07) is 15.7. The van der Waals surface area contributed by atoms with Crippen LogP contribution in [0.3, 0.4) is 0 Å². The number of carbonyl (C=O) groups excluding carboxylic acids is 1. The van der Waals surface area contributed by atoms with Gasteiger partial charge in [0.25, 0.3) is 0 Å². The van der Waals surface area contributed by atoms with Gasteiger partial charge in [0.05, 0.1) is 23.3 Å². The predicted octanol–water partition coefficient (Wildman–Crippen LogP) is 6.12. The molecule has 1 N–H and O–H groups in total. The van der Waals surface area contributed by atoms with Crippen molar-refractivity contribution in [1.82, 2.24) is 0 Å². The fourth-order valence-electron chi connectivity index (χ4n) is 3.39. The lowest BCUT2D eigenvalue weighted by Crippen LogP contribution is -2.30. The lowest BCUT2D eigenvalue weighted by atomic mass is 9.97. The van der Waals surface area contributed by atoms with Gasteiger partial charge in [-0.2, -0.15) is 0 Å². The molecular weight excluding hydrogens is 449 g/mol. The van der Waals surface area contributed by atoms with Gasteiger partial charge in [0, 0.05) is 16.1 Å². The van der Waals surface area contributed by atoms with Crippen LogP contribution in [-0.4, -0.2) is 35.1 Å². The molecular formula is C25H27Cl2NO2S. The van der Waals surface area contributed by atoms with Gasteiger partial charge in [-0.1, -0.05) is 30.9 Å². The Bertz CT molecular complexity index is 906. The van der Waals surface area contributed by atoms with Crippen LogP contribution >= 0.6 is 35.0 Å². The number of ether oxygens (including phenoxy) is 1. The fraction of sp³-hybridized carbons (Fsp3) is 0.400. The van der Waals surface area contributed by atoms with Gasteiger partial charge >= 0.3 is 0 Å². The van der Waals surface area contributed by atoms with Crippen LogP contribution in [0.15, 0.2) is 53.4 Å². The van der Waals surface area contributed by atoms with E-state index in [1.807, 2.05) is 36.4 Å². The summed E-state index contributed by atoms with van der Waals surface area (Å²) in [5.74, 6) is 7.14. The average molecular weight is 476 g/mol. The van der Waals surface area contributed by atoms with Crippen LogP contribution in [-0.2, 0) is 16.0 Å². The average Bonchev–Trinajstić information content (AvgIpc) is 2.76. The number of rotatable bonds is 7. The van der Waals surface area contributed by atoms with E-state index in [0.29, 0.717) is 13.0 Å². The first-order valence-corrected chi connectivity index (χ1v) is 12.4. The molecule has 0 spiro atoms. The highest BCUT2D eigenvalue weighted by Crippen LogP contribution is 2.29. The minimum Gasteiger partial charge on any atom is -0.365 e. The number of thioether (sulfide) groups is 1. The summed E-state index contributed by atoms with van der Waals surface area (Å²) in [4.78, 5) is 13.5. The van der Waals surface area contributed by atoms with Gasteiger partial charge in [0.15, 0.2) is 0 Å². The molecule has 2 aromatic rings. The largest absolute Gasteiger partial charge is 0.365 e. The molecule has 1 amide bonds. The Balaban J connectivity index is 1.42. The number of hydrogen-bond donors (Lipinski definition) is 1. The van der Waals surface area contributed by atoms with Gasteiger partial charge in [-0.3, -0.25) is 4.79 Å². The van der Waals surface area contributed by atoms with Gasteiger partial charge in [-0.05, 0) is 67.0 Å². The van der Waals surface area contributed by atoms with Crippen molar-refractivity contribution in [3.63, 3.8) is 0 Å². The number of amides is 1. The highest BCUT2D eigenvalue weighted by Gasteiger charge is 2.27. The second kappa shape index (κ2) is 12.4. The van der Waals surface area contributed by atoms with Crippen molar-refractivity contribution in [3.8, 4) is 11.8 Å². The van der Waals surface area contributed by atoms with E-state index in [1.54, 1.807) is 11.8 Å². The Hall–Kier alpha value is -1.64. The summed E-state index contributed by atoms with van der Waals surface area (Å²) >= 11 is 14.1. The maximum absolute atomic E-state index is 12.3. The third-order valence-electron chi connectivity index (χ3n) is 5.04. The van der Waals surface area contributed by atoms with Gasteiger partial charge in [0.1, 0.15) is 6.61 Å². The molecule has 0 heterocycles. The standard InChI is InChI=1S/C25H27Cl2NO2S/c1-2-31-22-12-7-19(8-13-22)16-25(29)28-20-9-5-18(6-10-20)4-3-15-30-21-11-14-23(26)24(27)17-21/h5-10,12-13,21,23-24H,2,11,14-17H2,1H3,(H,28,29). The van der Waals surface area contributed by atoms with Crippen LogP contribution < -0.4 is 5.32 Å². The molecule has 0 bridgehead atoms. The third kappa shape index (κ3) is 8.09. The number of carbonyl (C=O) groups is 1. The molecule has 3 atom stereocenters. The van der Waals surface area contributed by atoms with Gasteiger partial charge in [-0.25, -0.2) is 0 Å². The van der Waals surface area contributed by atoms with E-state index >= 15 is 0 Å². The van der Waals surface area contributed by atoms with E-state index in [1.165, 1.54) is 4.90 Å². The molecule has 1 aliphatic rings. The van der Waals surface area contributed by atoms with Crippen molar-refractivity contribution in [2.45, 2.75) is 54.4 Å². The molecule has 31 heavy (non-hydrogen) atoms. The molecule has 0 radical (unpaired) electrons. The molecule has 3 rings (SSSR count). The van der Waals surface area contributed by atoms with Crippen LogP contribution in [0.5, 0.6) is 0 Å². The number of hydrogen-bond acceptors (Lipinski definition) is 3. The Morgan fingerprint density at radius 2 is 1.84 bits per heavy atom. The molecule has 1 fully saturated rings. The number of nitrogens with one attached hydrogen (secondary N) is 1. The maximum Gasteiger partial charge on any atom is 0.228 e. The zero-order valence-corrected chi connectivity index (χ0v) is 19.9. The van der Waals surface area contributed by atoms with Crippen LogP contribution in [0, 0.1) is 11.8 Å². The summed E-state index contributed by atoms with van der Waals surface area (Å²) in [6.07, 6.45) is 3.06. The number of benzene rings is 2. The topological polar surface area (TPSA) is 38.3 Å². The van der Waals surface area contributed by atoms with Crippen LogP contribution in [0.4, 0.5) is 5.69 Å². The van der Waals surface area contributed by atoms with Gasteiger partial charge in [0.2, 0.25) is 5.91 Å². The normalized spacial score (nSPS) is 20.5. The molecule has 1 aliphatic carbocycles. The van der Waals surface area contributed by atoms with E-state index in [4.69, 9.17) is 27.9 Å². The lowest BCUT2D eigenvalue weighted by Gasteiger charge is -2.28. The Labute approximate surface area is 199 Å². The van der Waals surface area contributed by atoms with Crippen molar-refractivity contribution >= 4 is 46.6 Å². The number of anilines is 1. The first-order valence-electron chi connectivity index (χ1n) is 10.5. The summed E-state index contributed by atoms with van der Waals surface area (Å²) < 4.78 is 5.80. The van der Waals surface area contributed by atoms with Crippen LogP contribution in [0.25, 0.3) is 0 Å². The van der Waals surface area contributed by atoms with Crippen molar-refractivity contribution < 1.29 is 9.53 Å². The molecule has 1 saturated carbocycles. The molecule has 0 aromatic heterocycles. The number of halogens is 2. The van der Waals surface area contributed by atoms with E-state index in [-0.39, 0.29) is 22.8 Å². The summed E-state index contributed by atoms with van der Waals surface area (Å²) in [7, 11) is 0. The molecule has 6 heteroatoms. The molecule has 0 aliphatic heterocycles. The smallest absolute Gasteiger partial charge is 0.228 e.